The van der Waals surface area contributed by atoms with Crippen molar-refractivity contribution in [2.75, 3.05) is 0 Å². The molecule has 0 aliphatic carbocycles. The first kappa shape index (κ1) is 20.5. The van der Waals surface area contributed by atoms with Crippen molar-refractivity contribution >= 4 is 35.2 Å². The lowest BCUT2D eigenvalue weighted by Gasteiger charge is -2.20. The van der Waals surface area contributed by atoms with Crippen LogP contribution < -0.4 is 20.1 Å². The molecule has 8 heteroatoms. The molecule has 0 saturated carbocycles. The first-order chi connectivity index (χ1) is 13.7. The highest BCUT2D eigenvalue weighted by Crippen LogP contribution is 2.02. The number of furan rings is 1. The summed E-state index contributed by atoms with van der Waals surface area (Å²) in [6.07, 6.45) is 5.98. The van der Waals surface area contributed by atoms with E-state index < -0.39 is 5.54 Å². The molecule has 0 radical (unpaired) electrons. The second-order valence-corrected chi connectivity index (χ2v) is 8.44. The predicted octanol–water partition coefficient (Wildman–Crippen LogP) is 1.30. The second-order valence-electron chi connectivity index (χ2n) is 7.38. The van der Waals surface area contributed by atoms with E-state index in [2.05, 4.69) is 10.3 Å². The van der Waals surface area contributed by atoms with Gasteiger partial charge in [-0.2, -0.15) is 0 Å². The van der Waals surface area contributed by atoms with Crippen LogP contribution >= 0.6 is 11.3 Å². The number of amides is 1. The van der Waals surface area contributed by atoms with Gasteiger partial charge in [0.05, 0.1) is 16.5 Å². The van der Waals surface area contributed by atoms with Crippen LogP contribution in [0.15, 0.2) is 52.0 Å². The fourth-order valence-corrected chi connectivity index (χ4v) is 3.62. The molecule has 29 heavy (non-hydrogen) atoms. The molecule has 0 fully saturated rings. The Labute approximate surface area is 171 Å². The maximum atomic E-state index is 12.9. The summed E-state index contributed by atoms with van der Waals surface area (Å²) in [4.78, 5) is 42.0. The highest BCUT2D eigenvalue weighted by atomic mass is 32.1. The highest BCUT2D eigenvalue weighted by Gasteiger charge is 2.17. The van der Waals surface area contributed by atoms with E-state index in [1.807, 2.05) is 26.8 Å². The number of Topliss-reactive ketones (excluding diaryl/α,β-unsaturated/α-hetero) is 1. The average molecular weight is 411 g/mol. The Morgan fingerprint density at radius 1 is 1.24 bits per heavy atom. The Balaban J connectivity index is 2.09. The monoisotopic (exact) mass is 411 g/mol. The number of hydrogen-bond donors (Lipinski definition) is 1. The van der Waals surface area contributed by atoms with Gasteiger partial charge in [-0.1, -0.05) is 6.07 Å². The van der Waals surface area contributed by atoms with Crippen molar-refractivity contribution < 1.29 is 14.0 Å². The SMILES string of the molecule is CC(C)(C)NC(=O)Cn1c(=O)/c(=C\c2ccccn2)s/c1=C\C(=O)c1ccco1. The van der Waals surface area contributed by atoms with Crippen LogP contribution in [0.25, 0.3) is 12.2 Å². The number of ketones is 1. The third-order valence-electron chi connectivity index (χ3n) is 3.74. The minimum atomic E-state index is -0.437. The van der Waals surface area contributed by atoms with Crippen molar-refractivity contribution in [3.05, 3.63) is 73.8 Å². The lowest BCUT2D eigenvalue weighted by atomic mass is 10.1. The number of hydrogen-bond acceptors (Lipinski definition) is 6. The van der Waals surface area contributed by atoms with Crippen LogP contribution in [0.2, 0.25) is 0 Å². The molecule has 3 aromatic heterocycles. The molecule has 0 aliphatic rings. The van der Waals surface area contributed by atoms with Crippen molar-refractivity contribution in [3.8, 4) is 0 Å². The fraction of sp³-hybridized carbons (Fsp3) is 0.238. The summed E-state index contributed by atoms with van der Waals surface area (Å²) in [5, 5.41) is 2.83. The molecule has 3 aromatic rings. The van der Waals surface area contributed by atoms with Crippen LogP contribution in [0, 0.1) is 0 Å². The summed E-state index contributed by atoms with van der Waals surface area (Å²) in [7, 11) is 0. The fourth-order valence-electron chi connectivity index (χ4n) is 2.59. The van der Waals surface area contributed by atoms with E-state index in [1.54, 1.807) is 36.5 Å². The van der Waals surface area contributed by atoms with E-state index >= 15 is 0 Å². The lowest BCUT2D eigenvalue weighted by molar-refractivity contribution is -0.123. The maximum absolute atomic E-state index is 12.9. The summed E-state index contributed by atoms with van der Waals surface area (Å²) in [6, 6.07) is 8.52. The van der Waals surface area contributed by atoms with Gasteiger partial charge in [0, 0.05) is 17.8 Å². The molecule has 150 valence electrons. The molecule has 0 atom stereocenters. The summed E-state index contributed by atoms with van der Waals surface area (Å²) in [5.41, 5.74) is -0.183. The number of carbonyl (C=O) groups is 2. The van der Waals surface area contributed by atoms with Crippen LogP contribution in [0.1, 0.15) is 37.0 Å². The molecule has 0 unspecified atom stereocenters. The zero-order chi connectivity index (χ0) is 21.0. The predicted molar refractivity (Wildman–Crippen MR) is 111 cm³/mol. The zero-order valence-corrected chi connectivity index (χ0v) is 17.2. The molecular formula is C21H21N3O4S. The Bertz CT molecular complexity index is 1180. The van der Waals surface area contributed by atoms with E-state index in [4.69, 9.17) is 4.42 Å². The molecule has 3 rings (SSSR count). The number of nitrogens with zero attached hydrogens (tertiary/aromatic N) is 2. The Morgan fingerprint density at radius 2 is 2.03 bits per heavy atom. The van der Waals surface area contributed by atoms with E-state index in [1.165, 1.54) is 16.9 Å². The lowest BCUT2D eigenvalue weighted by Crippen LogP contribution is -2.45. The van der Waals surface area contributed by atoms with Gasteiger partial charge in [-0.3, -0.25) is 23.9 Å². The summed E-state index contributed by atoms with van der Waals surface area (Å²) >= 11 is 1.12. The van der Waals surface area contributed by atoms with E-state index in [0.29, 0.717) is 14.9 Å². The maximum Gasteiger partial charge on any atom is 0.269 e. The van der Waals surface area contributed by atoms with Gasteiger partial charge in [-0.25, -0.2) is 0 Å². The zero-order valence-electron chi connectivity index (χ0n) is 16.3. The van der Waals surface area contributed by atoms with Gasteiger partial charge >= 0.3 is 0 Å². The van der Waals surface area contributed by atoms with Gasteiger partial charge in [-0.05, 0) is 51.1 Å². The summed E-state index contributed by atoms with van der Waals surface area (Å²) < 4.78 is 7.16. The van der Waals surface area contributed by atoms with Gasteiger partial charge in [-0.15, -0.1) is 11.3 Å². The third-order valence-corrected chi connectivity index (χ3v) is 4.80. The minimum absolute atomic E-state index is 0.159. The average Bonchev–Trinajstić information content (AvgIpc) is 3.26. The standard InChI is InChI=1S/C21H21N3O4S/c1-21(2,3)23-18(26)13-24-19(12-15(25)16-8-6-10-28-16)29-17(20(24)27)11-14-7-4-5-9-22-14/h4-12H,13H2,1-3H3,(H,23,26)/b17-11+,19-12-. The topological polar surface area (TPSA) is 94.2 Å². The van der Waals surface area contributed by atoms with Gasteiger partial charge in [0.25, 0.3) is 5.56 Å². The van der Waals surface area contributed by atoms with Gasteiger partial charge in [0.2, 0.25) is 11.7 Å². The van der Waals surface area contributed by atoms with E-state index in [0.717, 1.165) is 11.3 Å². The van der Waals surface area contributed by atoms with Crippen molar-refractivity contribution in [3.63, 3.8) is 0 Å². The largest absolute Gasteiger partial charge is 0.461 e. The molecule has 3 heterocycles. The smallest absolute Gasteiger partial charge is 0.269 e. The third kappa shape index (κ3) is 5.39. The van der Waals surface area contributed by atoms with Crippen molar-refractivity contribution in [1.82, 2.24) is 14.9 Å². The van der Waals surface area contributed by atoms with Gasteiger partial charge in [0.15, 0.2) is 5.76 Å². The first-order valence-corrected chi connectivity index (χ1v) is 9.77. The van der Waals surface area contributed by atoms with Gasteiger partial charge < -0.3 is 9.73 Å². The highest BCUT2D eigenvalue weighted by molar-refractivity contribution is 7.07. The Morgan fingerprint density at radius 3 is 2.66 bits per heavy atom. The van der Waals surface area contributed by atoms with Crippen molar-refractivity contribution in [1.29, 1.82) is 0 Å². The van der Waals surface area contributed by atoms with Crippen LogP contribution in [0.3, 0.4) is 0 Å². The second kappa shape index (κ2) is 8.40. The molecule has 0 aromatic carbocycles. The number of aromatic nitrogens is 2. The number of carbonyl (C=O) groups excluding carboxylic acids is 2. The number of rotatable bonds is 5. The quantitative estimate of drug-likeness (QED) is 0.639. The van der Waals surface area contributed by atoms with Crippen LogP contribution in [-0.2, 0) is 11.3 Å². The Kier molecular flexibility index (Phi) is 5.93. The molecule has 7 nitrogen and oxygen atoms in total. The number of pyridine rings is 1. The molecule has 0 bridgehead atoms. The van der Waals surface area contributed by atoms with Crippen LogP contribution in [-0.4, -0.2) is 26.8 Å². The molecule has 0 aliphatic heterocycles. The minimum Gasteiger partial charge on any atom is -0.461 e. The first-order valence-electron chi connectivity index (χ1n) is 8.96. The Hall–Kier alpha value is -3.26. The van der Waals surface area contributed by atoms with E-state index in [9.17, 15) is 14.4 Å². The molecule has 1 amide bonds. The van der Waals surface area contributed by atoms with Crippen LogP contribution in [0.4, 0.5) is 0 Å². The normalized spacial score (nSPS) is 12.9. The molecule has 0 saturated heterocycles. The molecule has 0 spiro atoms. The van der Waals surface area contributed by atoms with Gasteiger partial charge in [0.1, 0.15) is 11.2 Å². The molecular weight excluding hydrogens is 390 g/mol. The summed E-state index contributed by atoms with van der Waals surface area (Å²) in [5.74, 6) is -0.542. The number of nitrogens with one attached hydrogen (secondary N) is 1. The number of thiazole rings is 1. The van der Waals surface area contributed by atoms with E-state index in [-0.39, 0.29) is 29.6 Å². The van der Waals surface area contributed by atoms with Crippen molar-refractivity contribution in [2.24, 2.45) is 0 Å². The summed E-state index contributed by atoms with van der Waals surface area (Å²) in [6.45, 7) is 5.37. The van der Waals surface area contributed by atoms with Crippen molar-refractivity contribution in [2.45, 2.75) is 32.9 Å². The molecule has 1 N–H and O–H groups in total. The van der Waals surface area contributed by atoms with Crippen LogP contribution in [0.5, 0.6) is 0 Å².